The lowest BCUT2D eigenvalue weighted by molar-refractivity contribution is -0.139. The van der Waals surface area contributed by atoms with E-state index in [4.69, 9.17) is 5.11 Å². The van der Waals surface area contributed by atoms with E-state index in [1.54, 1.807) is 27.9 Å². The zero-order chi connectivity index (χ0) is 29.3. The maximum atomic E-state index is 13.9. The number of nitrogens with one attached hydrogen (secondary N) is 1. The molecule has 5 aromatic rings. The number of aromatic amines is 1. The number of allylic oxidation sites excluding steroid dienone is 1. The Balaban J connectivity index is 1.22. The number of rotatable bonds is 10. The molecule has 6 rings (SSSR count). The Morgan fingerprint density at radius 3 is 2.69 bits per heavy atom. The molecule has 0 aliphatic carbocycles. The van der Waals surface area contributed by atoms with Gasteiger partial charge in [0.2, 0.25) is 0 Å². The summed E-state index contributed by atoms with van der Waals surface area (Å²) in [5.41, 5.74) is 2.33. The van der Waals surface area contributed by atoms with Crippen LogP contribution < -0.4 is 10.5 Å². The number of para-hydroxylation sites is 2. The fourth-order valence-electron chi connectivity index (χ4n) is 5.60. The van der Waals surface area contributed by atoms with Gasteiger partial charge in [-0.05, 0) is 42.3 Å². The third-order valence-corrected chi connectivity index (χ3v) is 7.84. The van der Waals surface area contributed by atoms with Crippen LogP contribution in [0.3, 0.4) is 0 Å². The van der Waals surface area contributed by atoms with Crippen LogP contribution in [0.2, 0.25) is 0 Å². The smallest absolute Gasteiger partial charge is 0.279 e. The summed E-state index contributed by atoms with van der Waals surface area (Å²) in [4.78, 5) is 28.5. The van der Waals surface area contributed by atoms with E-state index in [1.165, 1.54) is 4.68 Å². The summed E-state index contributed by atoms with van der Waals surface area (Å²) in [6.45, 7) is 2.69. The minimum Gasteiger partial charge on any atom is -0.396 e. The number of hydrogen-bond donors (Lipinski definition) is 3. The van der Waals surface area contributed by atoms with Crippen LogP contribution in [0.4, 0.5) is 5.69 Å². The number of aliphatic hydroxyl groups excluding tert-OH is 1. The van der Waals surface area contributed by atoms with Crippen LogP contribution in [0, 0.1) is 5.92 Å². The van der Waals surface area contributed by atoms with Crippen LogP contribution in [0.5, 0.6) is 0 Å². The van der Waals surface area contributed by atoms with E-state index in [9.17, 15) is 14.7 Å². The minimum atomic E-state index is -1.72. The minimum absolute atomic E-state index is 0.0246. The molecule has 0 saturated carbocycles. The molecule has 10 nitrogen and oxygen atoms in total. The zero-order valence-electron chi connectivity index (χ0n) is 23.2. The number of carbonyl (C=O) groups excluding carboxylic acids is 1. The standard InChI is InChI=1S/C32H32N6O4/c1-22(9-6-7-17-36-21-24(16-18-39)33-35-36)32(42)27-13-3-5-15-29(27)37(31(32)41)20-23-10-8-11-25(19-23)38-30(40)26-12-2-4-14-28(26)34-38/h2-6,8-15,19,21-22,34,39,42H,7,16-18,20H2,1H3/b9-6+/t22-,32+/m0/s1. The average Bonchev–Trinajstić information content (AvgIpc) is 3.66. The van der Waals surface area contributed by atoms with E-state index in [0.717, 1.165) is 16.8 Å². The van der Waals surface area contributed by atoms with Crippen LogP contribution in [0.25, 0.3) is 16.6 Å². The summed E-state index contributed by atoms with van der Waals surface area (Å²) >= 11 is 0. The van der Waals surface area contributed by atoms with E-state index in [-0.39, 0.29) is 24.6 Å². The molecule has 214 valence electrons. The largest absolute Gasteiger partial charge is 0.396 e. The molecule has 3 heterocycles. The first-order valence-corrected chi connectivity index (χ1v) is 14.0. The number of aryl methyl sites for hydroxylation is 1. The molecule has 0 unspecified atom stereocenters. The normalized spacial score (nSPS) is 17.4. The predicted octanol–water partition coefficient (Wildman–Crippen LogP) is 3.46. The molecule has 1 aliphatic heterocycles. The van der Waals surface area contributed by atoms with Crippen molar-refractivity contribution >= 4 is 22.5 Å². The molecule has 0 bridgehead atoms. The van der Waals surface area contributed by atoms with Crippen LogP contribution in [0.15, 0.2) is 95.9 Å². The Morgan fingerprint density at radius 2 is 1.86 bits per heavy atom. The molecule has 0 saturated heterocycles. The molecule has 0 fully saturated rings. The predicted molar refractivity (Wildman–Crippen MR) is 159 cm³/mol. The number of H-pyrrole nitrogens is 1. The molecule has 42 heavy (non-hydrogen) atoms. The van der Waals surface area contributed by atoms with Gasteiger partial charge in [-0.1, -0.05) is 66.8 Å². The second-order valence-electron chi connectivity index (χ2n) is 10.6. The number of carbonyl (C=O) groups is 1. The fourth-order valence-corrected chi connectivity index (χ4v) is 5.60. The number of anilines is 1. The SMILES string of the molecule is C[C@@H](/C=C/CCn1cc(CCO)nn1)[C@]1(O)C(=O)N(Cc2cccc(-n3[nH]c4ccccc4c3=O)c2)c2ccccc21. The van der Waals surface area contributed by atoms with Gasteiger partial charge in [-0.15, -0.1) is 5.10 Å². The summed E-state index contributed by atoms with van der Waals surface area (Å²) in [5.74, 6) is -0.882. The van der Waals surface area contributed by atoms with E-state index in [2.05, 4.69) is 15.4 Å². The van der Waals surface area contributed by atoms with Gasteiger partial charge in [0.15, 0.2) is 5.60 Å². The lowest BCUT2D eigenvalue weighted by Crippen LogP contribution is -2.44. The third kappa shape index (κ3) is 4.84. The molecule has 3 N–H and O–H groups in total. The molecular weight excluding hydrogens is 532 g/mol. The number of aliphatic hydroxyl groups is 2. The fraction of sp³-hybridized carbons (Fsp3) is 0.250. The highest BCUT2D eigenvalue weighted by atomic mass is 16.3. The van der Waals surface area contributed by atoms with E-state index in [1.807, 2.05) is 79.7 Å². The summed E-state index contributed by atoms with van der Waals surface area (Å²) in [7, 11) is 0. The van der Waals surface area contributed by atoms with Gasteiger partial charge < -0.3 is 15.1 Å². The monoisotopic (exact) mass is 564 g/mol. The Bertz CT molecular complexity index is 1840. The number of fused-ring (bicyclic) bond motifs is 2. The Hall–Kier alpha value is -4.80. The molecule has 0 radical (unpaired) electrons. The maximum absolute atomic E-state index is 13.9. The summed E-state index contributed by atoms with van der Waals surface area (Å²) in [5, 5.41) is 32.8. The highest BCUT2D eigenvalue weighted by molar-refractivity contribution is 6.07. The van der Waals surface area contributed by atoms with Crippen molar-refractivity contribution in [2.24, 2.45) is 5.92 Å². The van der Waals surface area contributed by atoms with Gasteiger partial charge in [0.05, 0.1) is 34.5 Å². The van der Waals surface area contributed by atoms with E-state index >= 15 is 0 Å². The Morgan fingerprint density at radius 1 is 1.05 bits per heavy atom. The van der Waals surface area contributed by atoms with Crippen LogP contribution >= 0.6 is 0 Å². The summed E-state index contributed by atoms with van der Waals surface area (Å²) in [6, 6.07) is 22.2. The zero-order valence-corrected chi connectivity index (χ0v) is 23.2. The highest BCUT2D eigenvalue weighted by Gasteiger charge is 2.52. The topological polar surface area (TPSA) is 129 Å². The quantitative estimate of drug-likeness (QED) is 0.223. The lowest BCUT2D eigenvalue weighted by Gasteiger charge is -2.27. The van der Waals surface area contributed by atoms with Crippen molar-refractivity contribution in [3.05, 3.63) is 118 Å². The van der Waals surface area contributed by atoms with Gasteiger partial charge >= 0.3 is 0 Å². The van der Waals surface area contributed by atoms with Gasteiger partial charge in [-0.2, -0.15) is 0 Å². The molecule has 2 aromatic heterocycles. The molecule has 10 heteroatoms. The first-order chi connectivity index (χ1) is 20.4. The number of aromatic nitrogens is 5. The first-order valence-electron chi connectivity index (χ1n) is 14.0. The van der Waals surface area contributed by atoms with Gasteiger partial charge in [0.25, 0.3) is 11.5 Å². The Labute approximate surface area is 242 Å². The third-order valence-electron chi connectivity index (χ3n) is 7.84. The van der Waals surface area contributed by atoms with Crippen molar-refractivity contribution < 1.29 is 15.0 Å². The van der Waals surface area contributed by atoms with Crippen molar-refractivity contribution in [3.8, 4) is 5.69 Å². The summed E-state index contributed by atoms with van der Waals surface area (Å²) in [6.07, 6.45) is 6.72. The second-order valence-corrected chi connectivity index (χ2v) is 10.6. The molecule has 1 amide bonds. The van der Waals surface area contributed by atoms with Gasteiger partial charge in [-0.3, -0.25) is 19.4 Å². The van der Waals surface area contributed by atoms with Crippen LogP contribution in [0.1, 0.15) is 30.2 Å². The Kier molecular flexibility index (Phi) is 7.32. The van der Waals surface area contributed by atoms with Crippen LogP contribution in [-0.2, 0) is 29.9 Å². The molecule has 1 aliphatic rings. The van der Waals surface area contributed by atoms with Crippen molar-refractivity contribution in [3.63, 3.8) is 0 Å². The highest BCUT2D eigenvalue weighted by Crippen LogP contribution is 2.45. The number of nitrogens with zero attached hydrogens (tertiary/aromatic N) is 5. The molecule has 2 atom stereocenters. The van der Waals surface area contributed by atoms with E-state index < -0.39 is 11.5 Å². The second kappa shape index (κ2) is 11.2. The van der Waals surface area contributed by atoms with Crippen molar-refractivity contribution in [1.82, 2.24) is 24.8 Å². The average molecular weight is 565 g/mol. The number of hydrogen-bond acceptors (Lipinski definition) is 6. The van der Waals surface area contributed by atoms with Crippen molar-refractivity contribution in [1.29, 1.82) is 0 Å². The van der Waals surface area contributed by atoms with Gasteiger partial charge in [0, 0.05) is 37.3 Å². The number of benzene rings is 3. The molecular formula is C32H32N6O4. The van der Waals surface area contributed by atoms with Crippen molar-refractivity contribution in [2.45, 2.75) is 38.5 Å². The van der Waals surface area contributed by atoms with Gasteiger partial charge in [-0.25, -0.2) is 4.68 Å². The van der Waals surface area contributed by atoms with Crippen molar-refractivity contribution in [2.75, 3.05) is 11.5 Å². The first kappa shape index (κ1) is 27.4. The maximum Gasteiger partial charge on any atom is 0.279 e. The van der Waals surface area contributed by atoms with Gasteiger partial charge in [0.1, 0.15) is 0 Å². The molecule has 0 spiro atoms. The van der Waals surface area contributed by atoms with Crippen LogP contribution in [-0.4, -0.2) is 47.5 Å². The number of amides is 1. The molecule has 3 aromatic carbocycles. The van der Waals surface area contributed by atoms with E-state index in [0.29, 0.717) is 41.7 Å². The lowest BCUT2D eigenvalue weighted by atomic mass is 9.83. The summed E-state index contributed by atoms with van der Waals surface area (Å²) < 4.78 is 3.22.